The second kappa shape index (κ2) is 5.81. The molecule has 0 aliphatic carbocycles. The Morgan fingerprint density at radius 1 is 1.45 bits per heavy atom. The lowest BCUT2D eigenvalue weighted by atomic mass is 9.90. The number of aliphatic hydroxyl groups is 1. The molecule has 1 saturated heterocycles. The number of anilines is 1. The van der Waals surface area contributed by atoms with Crippen molar-refractivity contribution >= 4 is 5.69 Å². The largest absolute Gasteiger partial charge is 0.418 e. The van der Waals surface area contributed by atoms with Crippen molar-refractivity contribution in [3.63, 3.8) is 0 Å². The summed E-state index contributed by atoms with van der Waals surface area (Å²) in [5.74, 6) is 0. The second-order valence-corrected chi connectivity index (χ2v) is 5.81. The number of benzene rings is 1. The molecule has 6 heteroatoms. The summed E-state index contributed by atoms with van der Waals surface area (Å²) in [4.78, 5) is 1.60. The quantitative estimate of drug-likeness (QED) is 0.925. The molecule has 1 heterocycles. The molecule has 0 aromatic heterocycles. The summed E-state index contributed by atoms with van der Waals surface area (Å²) in [5, 5.41) is 19.4. The SMILES string of the molecule is CCCC1(O)CCN(c2ccc(C#N)cc2C(F)(F)F)C1C. The van der Waals surface area contributed by atoms with Crippen LogP contribution in [0, 0.1) is 11.3 Å². The number of hydrogen-bond acceptors (Lipinski definition) is 3. The number of rotatable bonds is 3. The van der Waals surface area contributed by atoms with E-state index in [0.717, 1.165) is 12.5 Å². The third-order valence-electron chi connectivity index (χ3n) is 4.45. The lowest BCUT2D eigenvalue weighted by Crippen LogP contribution is -2.43. The fourth-order valence-corrected chi connectivity index (χ4v) is 3.19. The van der Waals surface area contributed by atoms with E-state index in [9.17, 15) is 18.3 Å². The zero-order valence-electron chi connectivity index (χ0n) is 12.6. The Hall–Kier alpha value is -1.74. The van der Waals surface area contributed by atoms with Gasteiger partial charge in [-0.3, -0.25) is 0 Å². The van der Waals surface area contributed by atoms with Crippen molar-refractivity contribution in [1.29, 1.82) is 5.26 Å². The maximum Gasteiger partial charge on any atom is 0.418 e. The van der Waals surface area contributed by atoms with Gasteiger partial charge in [0.15, 0.2) is 0 Å². The van der Waals surface area contributed by atoms with Crippen LogP contribution < -0.4 is 4.90 Å². The minimum absolute atomic E-state index is 0.0215. The minimum Gasteiger partial charge on any atom is -0.388 e. The fraction of sp³-hybridized carbons (Fsp3) is 0.562. The standard InChI is InChI=1S/C16H19F3N2O/c1-3-6-15(22)7-8-21(11(15)2)14-5-4-12(10-20)9-13(14)16(17,18)19/h4-5,9,11,22H,3,6-8H2,1-2H3. The average Bonchev–Trinajstić information content (AvgIpc) is 2.74. The van der Waals surface area contributed by atoms with E-state index in [1.165, 1.54) is 12.1 Å². The molecule has 3 nitrogen and oxygen atoms in total. The van der Waals surface area contributed by atoms with Crippen LogP contribution in [-0.4, -0.2) is 23.3 Å². The molecule has 0 spiro atoms. The molecule has 1 aliphatic heterocycles. The van der Waals surface area contributed by atoms with E-state index in [0.29, 0.717) is 19.4 Å². The smallest absolute Gasteiger partial charge is 0.388 e. The molecule has 2 unspecified atom stereocenters. The average molecular weight is 312 g/mol. The number of hydrogen-bond donors (Lipinski definition) is 1. The predicted octanol–water partition coefficient (Wildman–Crippen LogP) is 3.71. The van der Waals surface area contributed by atoms with Gasteiger partial charge in [0.25, 0.3) is 0 Å². The Bertz CT molecular complexity index is 594. The van der Waals surface area contributed by atoms with Crippen molar-refractivity contribution in [3.05, 3.63) is 29.3 Å². The van der Waals surface area contributed by atoms with Crippen molar-refractivity contribution in [3.8, 4) is 6.07 Å². The maximum atomic E-state index is 13.3. The highest BCUT2D eigenvalue weighted by Gasteiger charge is 2.45. The van der Waals surface area contributed by atoms with Gasteiger partial charge < -0.3 is 10.0 Å². The third-order valence-corrected chi connectivity index (χ3v) is 4.45. The van der Waals surface area contributed by atoms with Crippen LogP contribution in [-0.2, 0) is 6.18 Å². The van der Waals surface area contributed by atoms with Gasteiger partial charge in [-0.15, -0.1) is 0 Å². The van der Waals surface area contributed by atoms with Gasteiger partial charge in [-0.1, -0.05) is 13.3 Å². The Balaban J connectivity index is 2.44. The first kappa shape index (κ1) is 16.6. The van der Waals surface area contributed by atoms with Crippen molar-refractivity contribution in [1.82, 2.24) is 0 Å². The first-order chi connectivity index (χ1) is 10.2. The Labute approximate surface area is 128 Å². The molecule has 120 valence electrons. The Morgan fingerprint density at radius 2 is 2.14 bits per heavy atom. The van der Waals surface area contributed by atoms with E-state index >= 15 is 0 Å². The van der Waals surface area contributed by atoms with Crippen LogP contribution in [0.5, 0.6) is 0 Å². The van der Waals surface area contributed by atoms with E-state index in [-0.39, 0.29) is 11.3 Å². The topological polar surface area (TPSA) is 47.3 Å². The van der Waals surface area contributed by atoms with Gasteiger partial charge in [0, 0.05) is 12.2 Å². The monoisotopic (exact) mass is 312 g/mol. The minimum atomic E-state index is -4.53. The Morgan fingerprint density at radius 3 is 2.68 bits per heavy atom. The first-order valence-corrected chi connectivity index (χ1v) is 7.33. The number of halogens is 3. The summed E-state index contributed by atoms with van der Waals surface area (Å²) in [6.07, 6.45) is -2.76. The van der Waals surface area contributed by atoms with E-state index in [1.807, 2.05) is 6.92 Å². The van der Waals surface area contributed by atoms with Gasteiger partial charge in [-0.2, -0.15) is 18.4 Å². The normalized spacial score (nSPS) is 25.3. The summed E-state index contributed by atoms with van der Waals surface area (Å²) < 4.78 is 39.9. The zero-order valence-corrected chi connectivity index (χ0v) is 12.6. The molecule has 1 N–H and O–H groups in total. The van der Waals surface area contributed by atoms with Crippen LogP contribution in [0.4, 0.5) is 18.9 Å². The van der Waals surface area contributed by atoms with Crippen LogP contribution in [0.2, 0.25) is 0 Å². The maximum absolute atomic E-state index is 13.3. The molecule has 0 amide bonds. The second-order valence-electron chi connectivity index (χ2n) is 5.81. The number of alkyl halides is 3. The van der Waals surface area contributed by atoms with E-state index in [2.05, 4.69) is 0 Å². The summed E-state index contributed by atoms with van der Waals surface area (Å²) in [7, 11) is 0. The molecule has 0 saturated carbocycles. The lowest BCUT2D eigenvalue weighted by Gasteiger charge is -2.33. The fourth-order valence-electron chi connectivity index (χ4n) is 3.19. The van der Waals surface area contributed by atoms with Crippen molar-refractivity contribution < 1.29 is 18.3 Å². The van der Waals surface area contributed by atoms with Crippen molar-refractivity contribution in [2.45, 2.75) is 50.9 Å². The molecule has 1 fully saturated rings. The van der Waals surface area contributed by atoms with Gasteiger partial charge in [-0.25, -0.2) is 0 Å². The van der Waals surface area contributed by atoms with E-state index in [4.69, 9.17) is 5.26 Å². The molecular weight excluding hydrogens is 293 g/mol. The van der Waals surface area contributed by atoms with E-state index < -0.39 is 23.4 Å². The van der Waals surface area contributed by atoms with Gasteiger partial charge in [0.2, 0.25) is 0 Å². The van der Waals surface area contributed by atoms with Crippen molar-refractivity contribution in [2.75, 3.05) is 11.4 Å². The highest BCUT2D eigenvalue weighted by atomic mass is 19.4. The number of nitrogens with zero attached hydrogens (tertiary/aromatic N) is 2. The van der Waals surface area contributed by atoms with Gasteiger partial charge in [0.1, 0.15) is 0 Å². The lowest BCUT2D eigenvalue weighted by molar-refractivity contribution is -0.137. The molecule has 2 atom stereocenters. The van der Waals surface area contributed by atoms with Crippen LogP contribution >= 0.6 is 0 Å². The molecule has 1 aromatic carbocycles. The number of nitriles is 1. The Kier molecular flexibility index (Phi) is 4.39. The summed E-state index contributed by atoms with van der Waals surface area (Å²) in [6.45, 7) is 4.06. The predicted molar refractivity (Wildman–Crippen MR) is 77.4 cm³/mol. The molecule has 1 aromatic rings. The zero-order chi connectivity index (χ0) is 16.5. The first-order valence-electron chi connectivity index (χ1n) is 7.33. The molecular formula is C16H19F3N2O. The van der Waals surface area contributed by atoms with Crippen LogP contribution in [0.25, 0.3) is 0 Å². The van der Waals surface area contributed by atoms with Crippen LogP contribution in [0.15, 0.2) is 18.2 Å². The summed E-state index contributed by atoms with van der Waals surface area (Å²) >= 11 is 0. The molecule has 22 heavy (non-hydrogen) atoms. The molecule has 0 bridgehead atoms. The highest BCUT2D eigenvalue weighted by Crippen LogP contribution is 2.42. The molecule has 2 rings (SSSR count). The van der Waals surface area contributed by atoms with Crippen LogP contribution in [0.3, 0.4) is 0 Å². The van der Waals surface area contributed by atoms with Gasteiger partial charge in [-0.05, 0) is 38.0 Å². The van der Waals surface area contributed by atoms with Crippen LogP contribution in [0.1, 0.15) is 44.2 Å². The van der Waals surface area contributed by atoms with Gasteiger partial charge >= 0.3 is 6.18 Å². The van der Waals surface area contributed by atoms with E-state index in [1.54, 1.807) is 17.9 Å². The third kappa shape index (κ3) is 2.91. The molecule has 1 aliphatic rings. The van der Waals surface area contributed by atoms with Gasteiger partial charge in [0.05, 0.1) is 28.8 Å². The molecule has 0 radical (unpaired) electrons. The van der Waals surface area contributed by atoms with Crippen molar-refractivity contribution in [2.24, 2.45) is 0 Å². The highest BCUT2D eigenvalue weighted by molar-refractivity contribution is 5.59. The summed E-state index contributed by atoms with van der Waals surface area (Å²) in [5.41, 5.74) is -1.78. The summed E-state index contributed by atoms with van der Waals surface area (Å²) in [6, 6.07) is 4.92.